The fourth-order valence-electron chi connectivity index (χ4n) is 2.82. The van der Waals surface area contributed by atoms with Crippen molar-refractivity contribution in [2.24, 2.45) is 4.99 Å². The second-order valence-electron chi connectivity index (χ2n) is 6.00. The molecule has 0 heterocycles. The number of methoxy groups -OCH3 is 3. The zero-order chi connectivity index (χ0) is 20.4. The molecule has 2 N–H and O–H groups in total. The van der Waals surface area contributed by atoms with Crippen LogP contribution in [0, 0.1) is 0 Å². The van der Waals surface area contributed by atoms with Crippen LogP contribution in [0.1, 0.15) is 18.1 Å². The minimum Gasteiger partial charge on any atom is -0.493 e. The Bertz CT molecular complexity index is 796. The van der Waals surface area contributed by atoms with Crippen molar-refractivity contribution in [3.63, 3.8) is 0 Å². The average Bonchev–Trinajstić information content (AvgIpc) is 2.71. The zero-order valence-electron chi connectivity index (χ0n) is 16.8. The van der Waals surface area contributed by atoms with E-state index in [4.69, 9.17) is 25.8 Å². The molecule has 0 saturated carbocycles. The predicted molar refractivity (Wildman–Crippen MR) is 114 cm³/mol. The van der Waals surface area contributed by atoms with E-state index in [1.807, 2.05) is 43.3 Å². The van der Waals surface area contributed by atoms with Gasteiger partial charge in [-0.3, -0.25) is 0 Å². The van der Waals surface area contributed by atoms with E-state index in [2.05, 4.69) is 15.6 Å². The summed E-state index contributed by atoms with van der Waals surface area (Å²) in [5.74, 6) is 2.68. The van der Waals surface area contributed by atoms with E-state index < -0.39 is 0 Å². The molecule has 0 aliphatic carbocycles. The van der Waals surface area contributed by atoms with E-state index in [9.17, 15) is 0 Å². The summed E-state index contributed by atoms with van der Waals surface area (Å²) < 4.78 is 16.3. The standard InChI is InChI=1S/C21H28ClN3O3/c1-5-23-21(25-14-15-7-6-8-17(22)13-15)24-12-11-16-9-10-18(26-2)20(28-4)19(16)27-3/h6-10,13H,5,11-12,14H2,1-4H3,(H2,23,24,25). The van der Waals surface area contributed by atoms with Gasteiger partial charge in [-0.15, -0.1) is 0 Å². The number of rotatable bonds is 9. The number of benzene rings is 2. The number of nitrogens with one attached hydrogen (secondary N) is 2. The lowest BCUT2D eigenvalue weighted by atomic mass is 10.1. The lowest BCUT2D eigenvalue weighted by Crippen LogP contribution is -2.38. The van der Waals surface area contributed by atoms with Crippen molar-refractivity contribution < 1.29 is 14.2 Å². The van der Waals surface area contributed by atoms with Gasteiger partial charge in [0.15, 0.2) is 17.5 Å². The maximum absolute atomic E-state index is 6.04. The van der Waals surface area contributed by atoms with Gasteiger partial charge in [-0.05, 0) is 37.1 Å². The van der Waals surface area contributed by atoms with Gasteiger partial charge in [0.2, 0.25) is 5.75 Å². The Balaban J connectivity index is 2.03. The fourth-order valence-corrected chi connectivity index (χ4v) is 3.04. The number of ether oxygens (including phenoxy) is 3. The third-order valence-electron chi connectivity index (χ3n) is 4.13. The molecule has 0 unspecified atom stereocenters. The summed E-state index contributed by atoms with van der Waals surface area (Å²) in [6, 6.07) is 11.6. The van der Waals surface area contributed by atoms with Gasteiger partial charge in [0.25, 0.3) is 0 Å². The van der Waals surface area contributed by atoms with Gasteiger partial charge in [-0.2, -0.15) is 0 Å². The first-order valence-electron chi connectivity index (χ1n) is 9.17. The molecular weight excluding hydrogens is 378 g/mol. The van der Waals surface area contributed by atoms with Gasteiger partial charge in [0.1, 0.15) is 0 Å². The second-order valence-corrected chi connectivity index (χ2v) is 6.43. The molecule has 28 heavy (non-hydrogen) atoms. The molecule has 0 amide bonds. The monoisotopic (exact) mass is 405 g/mol. The fraction of sp³-hybridized carbons (Fsp3) is 0.381. The van der Waals surface area contributed by atoms with Crippen LogP contribution in [-0.4, -0.2) is 40.4 Å². The third kappa shape index (κ3) is 5.96. The van der Waals surface area contributed by atoms with Crippen LogP contribution >= 0.6 is 11.6 Å². The number of halogens is 1. The van der Waals surface area contributed by atoms with Crippen LogP contribution in [0.5, 0.6) is 17.2 Å². The molecule has 0 aliphatic heterocycles. The van der Waals surface area contributed by atoms with Crippen molar-refractivity contribution in [1.82, 2.24) is 10.6 Å². The molecule has 0 fully saturated rings. The highest BCUT2D eigenvalue weighted by Gasteiger charge is 2.15. The average molecular weight is 406 g/mol. The third-order valence-corrected chi connectivity index (χ3v) is 4.36. The highest BCUT2D eigenvalue weighted by Crippen LogP contribution is 2.39. The lowest BCUT2D eigenvalue weighted by molar-refractivity contribution is 0.322. The van der Waals surface area contributed by atoms with Crippen LogP contribution in [0.25, 0.3) is 0 Å². The van der Waals surface area contributed by atoms with Crippen molar-refractivity contribution in [3.05, 3.63) is 52.5 Å². The minimum absolute atomic E-state index is 0.551. The Labute approximate surface area is 171 Å². The van der Waals surface area contributed by atoms with Crippen molar-refractivity contribution in [2.75, 3.05) is 34.4 Å². The van der Waals surface area contributed by atoms with Crippen molar-refractivity contribution in [3.8, 4) is 17.2 Å². The maximum Gasteiger partial charge on any atom is 0.203 e. The van der Waals surface area contributed by atoms with E-state index in [0.717, 1.165) is 30.1 Å². The molecule has 7 heteroatoms. The number of aliphatic imine (C=N–C) groups is 1. The smallest absolute Gasteiger partial charge is 0.203 e. The Kier molecular flexibility index (Phi) is 8.75. The summed E-state index contributed by atoms with van der Waals surface area (Å²) in [7, 11) is 4.84. The Morgan fingerprint density at radius 2 is 1.79 bits per heavy atom. The van der Waals surface area contributed by atoms with Gasteiger partial charge in [-0.25, -0.2) is 4.99 Å². The molecule has 2 rings (SSSR count). The van der Waals surface area contributed by atoms with E-state index in [-0.39, 0.29) is 0 Å². The first-order valence-corrected chi connectivity index (χ1v) is 9.55. The van der Waals surface area contributed by atoms with Crippen molar-refractivity contribution in [1.29, 1.82) is 0 Å². The molecule has 152 valence electrons. The van der Waals surface area contributed by atoms with Gasteiger partial charge < -0.3 is 24.8 Å². The summed E-state index contributed by atoms with van der Waals surface area (Å²) in [6.45, 7) is 4.05. The summed E-state index contributed by atoms with van der Waals surface area (Å²) in [5.41, 5.74) is 2.09. The first-order chi connectivity index (χ1) is 13.6. The van der Waals surface area contributed by atoms with Crippen LogP contribution in [0.15, 0.2) is 41.4 Å². The van der Waals surface area contributed by atoms with E-state index >= 15 is 0 Å². The predicted octanol–water partition coefficient (Wildman–Crippen LogP) is 3.66. The zero-order valence-corrected chi connectivity index (χ0v) is 17.6. The second kappa shape index (κ2) is 11.3. The normalized spacial score (nSPS) is 11.1. The van der Waals surface area contributed by atoms with E-state index in [0.29, 0.717) is 35.4 Å². The SMILES string of the molecule is CCNC(=NCc1cccc(Cl)c1)NCCc1ccc(OC)c(OC)c1OC. The largest absolute Gasteiger partial charge is 0.493 e. The van der Waals surface area contributed by atoms with Crippen molar-refractivity contribution in [2.45, 2.75) is 19.9 Å². The molecule has 2 aromatic carbocycles. The maximum atomic E-state index is 6.04. The van der Waals surface area contributed by atoms with Gasteiger partial charge in [-0.1, -0.05) is 29.8 Å². The Hall–Kier alpha value is -2.60. The Morgan fingerprint density at radius 1 is 1.00 bits per heavy atom. The van der Waals surface area contributed by atoms with E-state index in [1.165, 1.54) is 0 Å². The van der Waals surface area contributed by atoms with Gasteiger partial charge in [0, 0.05) is 23.7 Å². The van der Waals surface area contributed by atoms with Crippen molar-refractivity contribution >= 4 is 17.6 Å². The summed E-state index contributed by atoms with van der Waals surface area (Å²) in [5, 5.41) is 7.32. The number of hydrogen-bond donors (Lipinski definition) is 2. The van der Waals surface area contributed by atoms with Crippen LogP contribution in [-0.2, 0) is 13.0 Å². The highest BCUT2D eigenvalue weighted by atomic mass is 35.5. The minimum atomic E-state index is 0.551. The molecule has 0 aliphatic rings. The Morgan fingerprint density at radius 3 is 2.43 bits per heavy atom. The quantitative estimate of drug-likeness (QED) is 0.492. The molecule has 0 atom stereocenters. The lowest BCUT2D eigenvalue weighted by Gasteiger charge is -2.16. The molecule has 6 nitrogen and oxygen atoms in total. The van der Waals surface area contributed by atoms with Gasteiger partial charge >= 0.3 is 0 Å². The molecule has 0 spiro atoms. The topological polar surface area (TPSA) is 64.1 Å². The molecule has 0 saturated heterocycles. The molecule has 0 bridgehead atoms. The molecular formula is C21H28ClN3O3. The van der Waals surface area contributed by atoms with Crippen LogP contribution < -0.4 is 24.8 Å². The summed E-state index contributed by atoms with van der Waals surface area (Å²) in [4.78, 5) is 4.62. The first kappa shape index (κ1) is 21.7. The highest BCUT2D eigenvalue weighted by molar-refractivity contribution is 6.30. The summed E-state index contributed by atoms with van der Waals surface area (Å²) in [6.07, 6.45) is 0.741. The van der Waals surface area contributed by atoms with Crippen LogP contribution in [0.2, 0.25) is 5.02 Å². The van der Waals surface area contributed by atoms with Gasteiger partial charge in [0.05, 0.1) is 27.9 Å². The van der Waals surface area contributed by atoms with Crippen LogP contribution in [0.4, 0.5) is 0 Å². The number of hydrogen-bond acceptors (Lipinski definition) is 4. The molecule has 2 aromatic rings. The molecule has 0 aromatic heterocycles. The summed E-state index contributed by atoms with van der Waals surface area (Å²) >= 11 is 6.04. The number of guanidine groups is 1. The molecule has 0 radical (unpaired) electrons. The van der Waals surface area contributed by atoms with E-state index in [1.54, 1.807) is 21.3 Å². The number of nitrogens with zero attached hydrogens (tertiary/aromatic N) is 1. The van der Waals surface area contributed by atoms with Crippen LogP contribution in [0.3, 0.4) is 0 Å².